The lowest BCUT2D eigenvalue weighted by molar-refractivity contribution is -0.385. The minimum Gasteiger partial charge on any atom is -0.396 e. The van der Waals surface area contributed by atoms with Crippen LogP contribution in [0.1, 0.15) is 37.0 Å². The van der Waals surface area contributed by atoms with Gasteiger partial charge in [0.2, 0.25) is 5.91 Å². The number of carbonyl (C=O) groups excluding carboxylic acids is 2. The normalized spacial score (nSPS) is 11.9. The number of benzene rings is 1. The van der Waals surface area contributed by atoms with Gasteiger partial charge in [-0.3, -0.25) is 19.7 Å². The van der Waals surface area contributed by atoms with Crippen LogP contribution in [0.15, 0.2) is 18.2 Å². The second kappa shape index (κ2) is 10.7. The SMILES string of the molecule is CC(C)C[C@@H](CCO)CNC(=O)CNC(=O)c1c(Cl)cccc1[N+](=O)[O-]. The number of amides is 2. The van der Waals surface area contributed by atoms with Gasteiger partial charge in [-0.05, 0) is 30.7 Å². The van der Waals surface area contributed by atoms with Gasteiger partial charge in [0, 0.05) is 19.2 Å². The van der Waals surface area contributed by atoms with Gasteiger partial charge in [-0.2, -0.15) is 0 Å². The van der Waals surface area contributed by atoms with Gasteiger partial charge in [0.25, 0.3) is 11.6 Å². The summed E-state index contributed by atoms with van der Waals surface area (Å²) < 4.78 is 0. The molecule has 0 heterocycles. The number of nitrogens with one attached hydrogen (secondary N) is 2. The molecule has 0 spiro atoms. The van der Waals surface area contributed by atoms with Gasteiger partial charge in [0.05, 0.1) is 16.5 Å². The van der Waals surface area contributed by atoms with Gasteiger partial charge in [-0.25, -0.2) is 0 Å². The smallest absolute Gasteiger partial charge is 0.283 e. The molecule has 1 atom stereocenters. The molecule has 26 heavy (non-hydrogen) atoms. The minimum atomic E-state index is -0.786. The predicted octanol–water partition coefficient (Wildman–Crippen LogP) is 2.14. The van der Waals surface area contributed by atoms with E-state index in [9.17, 15) is 19.7 Å². The lowest BCUT2D eigenvalue weighted by Crippen LogP contribution is -2.39. The number of halogens is 1. The Labute approximate surface area is 157 Å². The monoisotopic (exact) mass is 385 g/mol. The highest BCUT2D eigenvalue weighted by atomic mass is 35.5. The highest BCUT2D eigenvalue weighted by molar-refractivity contribution is 6.34. The van der Waals surface area contributed by atoms with E-state index in [0.717, 1.165) is 6.42 Å². The van der Waals surface area contributed by atoms with E-state index >= 15 is 0 Å². The predicted molar refractivity (Wildman–Crippen MR) is 98.1 cm³/mol. The van der Waals surface area contributed by atoms with E-state index in [1.54, 1.807) is 0 Å². The van der Waals surface area contributed by atoms with E-state index in [0.29, 0.717) is 18.9 Å². The average Bonchev–Trinajstić information content (AvgIpc) is 2.57. The van der Waals surface area contributed by atoms with Crippen LogP contribution in [0.2, 0.25) is 5.02 Å². The molecule has 0 radical (unpaired) electrons. The molecule has 0 bridgehead atoms. The lowest BCUT2D eigenvalue weighted by Gasteiger charge is -2.18. The Hall–Kier alpha value is -2.19. The Balaban J connectivity index is 2.60. The zero-order valence-corrected chi connectivity index (χ0v) is 15.6. The van der Waals surface area contributed by atoms with Crippen LogP contribution < -0.4 is 10.6 Å². The molecule has 0 saturated carbocycles. The summed E-state index contributed by atoms with van der Waals surface area (Å²) >= 11 is 5.88. The largest absolute Gasteiger partial charge is 0.396 e. The van der Waals surface area contributed by atoms with Crippen LogP contribution in [0, 0.1) is 22.0 Å². The van der Waals surface area contributed by atoms with Gasteiger partial charge in [0.15, 0.2) is 0 Å². The zero-order valence-electron chi connectivity index (χ0n) is 14.8. The quantitative estimate of drug-likeness (QED) is 0.420. The topological polar surface area (TPSA) is 122 Å². The van der Waals surface area contributed by atoms with Crippen LogP contribution >= 0.6 is 11.6 Å². The number of nitrogens with zero attached hydrogens (tertiary/aromatic N) is 1. The highest BCUT2D eigenvalue weighted by Crippen LogP contribution is 2.25. The van der Waals surface area contributed by atoms with Crippen LogP contribution in [0.5, 0.6) is 0 Å². The summed E-state index contributed by atoms with van der Waals surface area (Å²) in [6, 6.07) is 3.92. The van der Waals surface area contributed by atoms with Gasteiger partial charge in [0.1, 0.15) is 5.56 Å². The summed E-state index contributed by atoms with van der Waals surface area (Å²) in [5, 5.41) is 25.1. The van der Waals surface area contributed by atoms with Crippen LogP contribution in [-0.2, 0) is 4.79 Å². The second-order valence-corrected chi connectivity index (χ2v) is 6.79. The minimum absolute atomic E-state index is 0.0418. The standard InChI is InChI=1S/C17H24ClN3O5/c1-11(2)8-12(6-7-22)9-19-15(23)10-20-17(24)16-13(18)4-3-5-14(16)21(25)26/h3-5,11-12,22H,6-10H2,1-2H3,(H,19,23)(H,20,24)/t12-/m1/s1. The van der Waals surface area contributed by atoms with Crippen molar-refractivity contribution in [2.45, 2.75) is 26.7 Å². The molecule has 0 aliphatic heterocycles. The number of aliphatic hydroxyl groups excluding tert-OH is 1. The molecule has 1 rings (SSSR count). The first kappa shape index (κ1) is 21.9. The molecule has 0 aliphatic rings. The number of rotatable bonds is 10. The maximum Gasteiger partial charge on any atom is 0.283 e. The summed E-state index contributed by atoms with van der Waals surface area (Å²) in [6.07, 6.45) is 1.44. The molecule has 144 valence electrons. The van der Waals surface area contributed by atoms with Crippen LogP contribution in [0.25, 0.3) is 0 Å². The molecule has 1 aromatic carbocycles. The molecule has 0 unspecified atom stereocenters. The van der Waals surface area contributed by atoms with Crippen molar-refractivity contribution in [3.05, 3.63) is 38.9 Å². The fraction of sp³-hybridized carbons (Fsp3) is 0.529. The fourth-order valence-electron chi connectivity index (χ4n) is 2.61. The van der Waals surface area contributed by atoms with E-state index in [4.69, 9.17) is 16.7 Å². The highest BCUT2D eigenvalue weighted by Gasteiger charge is 2.23. The van der Waals surface area contributed by atoms with Crippen molar-refractivity contribution in [3.8, 4) is 0 Å². The maximum absolute atomic E-state index is 12.2. The molecule has 2 amide bonds. The Bertz CT molecular complexity index is 651. The Morgan fingerprint density at radius 3 is 2.58 bits per heavy atom. The van der Waals surface area contributed by atoms with Crippen molar-refractivity contribution in [1.82, 2.24) is 10.6 Å². The summed E-state index contributed by atoms with van der Waals surface area (Å²) in [6.45, 7) is 4.22. The summed E-state index contributed by atoms with van der Waals surface area (Å²) in [5.41, 5.74) is -0.694. The number of carbonyl (C=O) groups is 2. The van der Waals surface area contributed by atoms with E-state index in [-0.39, 0.29) is 29.7 Å². The van der Waals surface area contributed by atoms with Gasteiger partial charge < -0.3 is 15.7 Å². The van der Waals surface area contributed by atoms with Crippen LogP contribution in [-0.4, -0.2) is 41.5 Å². The van der Waals surface area contributed by atoms with Crippen LogP contribution in [0.4, 0.5) is 5.69 Å². The first-order valence-electron chi connectivity index (χ1n) is 8.34. The third-order valence-corrected chi connectivity index (χ3v) is 4.07. The number of nitro benzene ring substituents is 1. The Morgan fingerprint density at radius 2 is 2.00 bits per heavy atom. The first-order chi connectivity index (χ1) is 12.3. The number of hydrogen-bond donors (Lipinski definition) is 3. The molecule has 0 aliphatic carbocycles. The van der Waals surface area contributed by atoms with E-state index in [1.807, 2.05) is 0 Å². The number of nitro groups is 1. The molecule has 1 aromatic rings. The fourth-order valence-corrected chi connectivity index (χ4v) is 2.87. The van der Waals surface area contributed by atoms with Crippen molar-refractivity contribution in [3.63, 3.8) is 0 Å². The van der Waals surface area contributed by atoms with Crippen molar-refractivity contribution in [2.75, 3.05) is 19.7 Å². The summed E-state index contributed by atoms with van der Waals surface area (Å²) in [5.74, 6) is -0.625. The van der Waals surface area contributed by atoms with Crippen molar-refractivity contribution in [1.29, 1.82) is 0 Å². The van der Waals surface area contributed by atoms with Gasteiger partial charge >= 0.3 is 0 Å². The van der Waals surface area contributed by atoms with E-state index in [2.05, 4.69) is 24.5 Å². The van der Waals surface area contributed by atoms with E-state index in [1.165, 1.54) is 18.2 Å². The average molecular weight is 386 g/mol. The second-order valence-electron chi connectivity index (χ2n) is 6.39. The number of hydrogen-bond acceptors (Lipinski definition) is 5. The molecule has 0 saturated heterocycles. The Kier molecular flexibility index (Phi) is 9.01. The summed E-state index contributed by atoms with van der Waals surface area (Å²) in [7, 11) is 0. The Morgan fingerprint density at radius 1 is 1.31 bits per heavy atom. The molecule has 3 N–H and O–H groups in total. The third-order valence-electron chi connectivity index (χ3n) is 3.75. The molecule has 8 nitrogen and oxygen atoms in total. The maximum atomic E-state index is 12.2. The molecule has 0 aromatic heterocycles. The third kappa shape index (κ3) is 6.97. The molecular weight excluding hydrogens is 362 g/mol. The number of aliphatic hydroxyl groups is 1. The van der Waals surface area contributed by atoms with Crippen molar-refractivity contribution < 1.29 is 19.6 Å². The lowest BCUT2D eigenvalue weighted by atomic mass is 9.94. The molecule has 9 heteroatoms. The van der Waals surface area contributed by atoms with Gasteiger partial charge in [-0.1, -0.05) is 31.5 Å². The van der Waals surface area contributed by atoms with E-state index < -0.39 is 22.4 Å². The molecular formula is C17H24ClN3O5. The summed E-state index contributed by atoms with van der Waals surface area (Å²) in [4.78, 5) is 34.4. The van der Waals surface area contributed by atoms with Crippen LogP contribution in [0.3, 0.4) is 0 Å². The van der Waals surface area contributed by atoms with Crippen molar-refractivity contribution >= 4 is 29.1 Å². The zero-order chi connectivity index (χ0) is 19.7. The van der Waals surface area contributed by atoms with Crippen molar-refractivity contribution in [2.24, 2.45) is 11.8 Å². The first-order valence-corrected chi connectivity index (χ1v) is 8.72. The van der Waals surface area contributed by atoms with Gasteiger partial charge in [-0.15, -0.1) is 0 Å². The molecule has 0 fully saturated rings.